The van der Waals surface area contributed by atoms with Crippen LogP contribution in [0.3, 0.4) is 0 Å². The first-order valence-electron chi connectivity index (χ1n) is 15.4. The van der Waals surface area contributed by atoms with Gasteiger partial charge < -0.3 is 15.2 Å². The monoisotopic (exact) mass is 687 g/mol. The zero-order valence-corrected chi connectivity index (χ0v) is 29.5. The van der Waals surface area contributed by atoms with E-state index >= 15 is 0 Å². The number of nitrogens with zero attached hydrogens (tertiary/aromatic N) is 3. The standard InChI is InChI=1S/C36H39Cl2N5O3Si/c1-45-36(44)41-28-14-10-25(11-15-28)33-34(38)43(23-46-18-19-47(2,3)4)35(42-33)30(20-24-8-6-5-7-9-24)32-17-12-26(22-40-32)29-21-27(37)13-16-31(29)39/h5-17,21-22,30H,18-20,23,39H2,1-4H3,(H,41,44). The van der Waals surface area contributed by atoms with Crippen molar-refractivity contribution in [2.75, 3.05) is 24.8 Å². The van der Waals surface area contributed by atoms with E-state index in [0.717, 1.165) is 39.8 Å². The second-order valence-electron chi connectivity index (χ2n) is 12.5. The predicted molar refractivity (Wildman–Crippen MR) is 194 cm³/mol. The van der Waals surface area contributed by atoms with Crippen molar-refractivity contribution in [3.05, 3.63) is 118 Å². The van der Waals surface area contributed by atoms with Gasteiger partial charge in [-0.3, -0.25) is 14.9 Å². The maximum absolute atomic E-state index is 11.7. The van der Waals surface area contributed by atoms with E-state index in [4.69, 9.17) is 48.4 Å². The molecular formula is C36H39Cl2N5O3Si. The third-order valence-corrected chi connectivity index (χ3v) is 10.1. The smallest absolute Gasteiger partial charge is 0.411 e. The average Bonchev–Trinajstić information content (AvgIpc) is 3.38. The zero-order valence-electron chi connectivity index (χ0n) is 27.0. The first-order valence-corrected chi connectivity index (χ1v) is 19.8. The Kier molecular flexibility index (Phi) is 11.0. The van der Waals surface area contributed by atoms with Gasteiger partial charge in [0.1, 0.15) is 23.4 Å². The van der Waals surface area contributed by atoms with Crippen molar-refractivity contribution in [2.24, 2.45) is 0 Å². The first kappa shape index (κ1) is 34.2. The number of hydrogen-bond donors (Lipinski definition) is 2. The third kappa shape index (κ3) is 8.81. The largest absolute Gasteiger partial charge is 0.453 e. The van der Waals surface area contributed by atoms with Crippen LogP contribution in [-0.2, 0) is 22.6 Å². The van der Waals surface area contributed by atoms with Gasteiger partial charge in [0.25, 0.3) is 0 Å². The lowest BCUT2D eigenvalue weighted by atomic mass is 9.94. The molecule has 0 saturated carbocycles. The molecule has 0 spiro atoms. The summed E-state index contributed by atoms with van der Waals surface area (Å²) in [6.07, 6.45) is 1.91. The number of nitrogens with two attached hydrogens (primary N) is 1. The summed E-state index contributed by atoms with van der Waals surface area (Å²) in [7, 11) is 0.0182. The Bertz CT molecular complexity index is 1810. The summed E-state index contributed by atoms with van der Waals surface area (Å²) < 4.78 is 12.9. The maximum Gasteiger partial charge on any atom is 0.411 e. The van der Waals surface area contributed by atoms with Crippen molar-refractivity contribution in [1.29, 1.82) is 0 Å². The summed E-state index contributed by atoms with van der Waals surface area (Å²) in [5, 5.41) is 3.74. The van der Waals surface area contributed by atoms with Crippen LogP contribution in [0.25, 0.3) is 22.4 Å². The van der Waals surface area contributed by atoms with E-state index in [0.29, 0.717) is 40.3 Å². The number of methoxy groups -OCH3 is 1. The number of ether oxygens (including phenoxy) is 2. The fourth-order valence-electron chi connectivity index (χ4n) is 5.16. The Morgan fingerprint density at radius 1 is 0.979 bits per heavy atom. The second-order valence-corrected chi connectivity index (χ2v) is 18.9. The summed E-state index contributed by atoms with van der Waals surface area (Å²) in [5.74, 6) is 0.483. The summed E-state index contributed by atoms with van der Waals surface area (Å²) in [6.45, 7) is 7.85. The quantitative estimate of drug-likeness (QED) is 0.0769. The van der Waals surface area contributed by atoms with E-state index in [2.05, 4.69) is 37.1 Å². The lowest BCUT2D eigenvalue weighted by molar-refractivity contribution is 0.0848. The normalized spacial score (nSPS) is 12.1. The molecular weight excluding hydrogens is 649 g/mol. The number of nitrogens with one attached hydrogen (secondary N) is 1. The Hall–Kier alpha value is -4.15. The number of anilines is 2. The number of imidazole rings is 1. The molecule has 0 radical (unpaired) electrons. The topological polar surface area (TPSA) is 104 Å². The van der Waals surface area contributed by atoms with Gasteiger partial charge in [0.2, 0.25) is 0 Å². The summed E-state index contributed by atoms with van der Waals surface area (Å²) in [5.41, 5.74) is 12.6. The van der Waals surface area contributed by atoms with Crippen molar-refractivity contribution < 1.29 is 14.3 Å². The summed E-state index contributed by atoms with van der Waals surface area (Å²) in [6, 6.07) is 28.0. The van der Waals surface area contributed by atoms with Gasteiger partial charge in [-0.2, -0.15) is 0 Å². The van der Waals surface area contributed by atoms with Gasteiger partial charge in [0.15, 0.2) is 0 Å². The summed E-state index contributed by atoms with van der Waals surface area (Å²) in [4.78, 5) is 21.8. The first-order chi connectivity index (χ1) is 22.5. The SMILES string of the molecule is COC(=O)Nc1ccc(-c2nc(C(Cc3ccccc3)c3ccc(-c4cc(Cl)ccc4N)cn3)n(COCC[Si](C)(C)C)c2Cl)cc1. The van der Waals surface area contributed by atoms with E-state index < -0.39 is 14.2 Å². The number of rotatable bonds is 12. The molecule has 5 rings (SSSR count). The molecule has 244 valence electrons. The van der Waals surface area contributed by atoms with Crippen molar-refractivity contribution in [3.8, 4) is 22.4 Å². The number of amides is 1. The van der Waals surface area contributed by atoms with Gasteiger partial charge in [-0.05, 0) is 54.4 Å². The van der Waals surface area contributed by atoms with Crippen molar-refractivity contribution in [2.45, 2.75) is 44.8 Å². The Morgan fingerprint density at radius 3 is 2.36 bits per heavy atom. The Morgan fingerprint density at radius 2 is 1.70 bits per heavy atom. The minimum atomic E-state index is -1.31. The molecule has 0 bridgehead atoms. The van der Waals surface area contributed by atoms with Crippen LogP contribution in [0, 0.1) is 0 Å². The molecule has 8 nitrogen and oxygen atoms in total. The summed E-state index contributed by atoms with van der Waals surface area (Å²) >= 11 is 13.4. The molecule has 0 fully saturated rings. The molecule has 0 saturated heterocycles. The highest BCUT2D eigenvalue weighted by atomic mass is 35.5. The molecule has 1 amide bonds. The van der Waals surface area contributed by atoms with Crippen LogP contribution >= 0.6 is 23.2 Å². The molecule has 2 heterocycles. The zero-order chi connectivity index (χ0) is 33.6. The minimum Gasteiger partial charge on any atom is -0.453 e. The van der Waals surface area contributed by atoms with Crippen molar-refractivity contribution >= 4 is 48.7 Å². The highest BCUT2D eigenvalue weighted by Gasteiger charge is 2.27. The van der Waals surface area contributed by atoms with E-state index in [9.17, 15) is 4.79 Å². The van der Waals surface area contributed by atoms with Crippen LogP contribution < -0.4 is 11.1 Å². The third-order valence-electron chi connectivity index (χ3n) is 7.81. The molecule has 1 atom stereocenters. The van der Waals surface area contributed by atoms with Gasteiger partial charge in [-0.25, -0.2) is 9.78 Å². The van der Waals surface area contributed by atoms with Gasteiger partial charge in [0, 0.05) is 54.0 Å². The Balaban J connectivity index is 1.57. The van der Waals surface area contributed by atoms with E-state index in [1.807, 2.05) is 59.3 Å². The van der Waals surface area contributed by atoms with Crippen LogP contribution in [0.1, 0.15) is 23.0 Å². The number of hydrogen-bond acceptors (Lipinski definition) is 6. The van der Waals surface area contributed by atoms with E-state index in [1.165, 1.54) is 7.11 Å². The van der Waals surface area contributed by atoms with Crippen molar-refractivity contribution in [1.82, 2.24) is 14.5 Å². The molecule has 47 heavy (non-hydrogen) atoms. The molecule has 0 aliphatic heterocycles. The van der Waals surface area contributed by atoms with Crippen LogP contribution in [0.15, 0.2) is 91.1 Å². The number of nitrogen functional groups attached to an aromatic ring is 1. The molecule has 11 heteroatoms. The lowest BCUT2D eigenvalue weighted by Crippen LogP contribution is -2.22. The average molecular weight is 689 g/mol. The Labute approximate surface area is 286 Å². The van der Waals surface area contributed by atoms with Gasteiger partial charge in [0.05, 0.1) is 18.7 Å². The number of halogens is 2. The molecule has 3 N–H and O–H groups in total. The minimum absolute atomic E-state index is 0.246. The molecule has 5 aromatic rings. The predicted octanol–water partition coefficient (Wildman–Crippen LogP) is 9.37. The van der Waals surface area contributed by atoms with Gasteiger partial charge in [-0.1, -0.05) is 91.4 Å². The second kappa shape index (κ2) is 15.2. The molecule has 0 aliphatic rings. The van der Waals surface area contributed by atoms with E-state index in [1.54, 1.807) is 24.3 Å². The fraction of sp³-hybridized carbons (Fsp3) is 0.250. The lowest BCUT2D eigenvalue weighted by Gasteiger charge is -2.20. The number of carbonyl (C=O) groups is 1. The fourth-order valence-corrected chi connectivity index (χ4v) is 6.38. The molecule has 3 aromatic carbocycles. The maximum atomic E-state index is 11.7. The van der Waals surface area contributed by atoms with Crippen LogP contribution in [0.5, 0.6) is 0 Å². The molecule has 0 aliphatic carbocycles. The van der Waals surface area contributed by atoms with Crippen LogP contribution in [0.4, 0.5) is 16.2 Å². The van der Waals surface area contributed by atoms with Crippen molar-refractivity contribution in [3.63, 3.8) is 0 Å². The van der Waals surface area contributed by atoms with E-state index in [-0.39, 0.29) is 12.6 Å². The highest BCUT2D eigenvalue weighted by Crippen LogP contribution is 2.36. The number of benzene rings is 3. The number of carbonyl (C=O) groups excluding carboxylic acids is 1. The van der Waals surface area contributed by atoms with Gasteiger partial charge in [-0.15, -0.1) is 0 Å². The van der Waals surface area contributed by atoms with Crippen LogP contribution in [-0.4, -0.2) is 42.4 Å². The van der Waals surface area contributed by atoms with Gasteiger partial charge >= 0.3 is 6.09 Å². The highest BCUT2D eigenvalue weighted by molar-refractivity contribution is 6.76. The number of aromatic nitrogens is 3. The number of pyridine rings is 1. The molecule has 2 aromatic heterocycles. The van der Waals surface area contributed by atoms with Crippen LogP contribution in [0.2, 0.25) is 35.9 Å². The molecule has 1 unspecified atom stereocenters.